The second kappa shape index (κ2) is 8.72. The summed E-state index contributed by atoms with van der Waals surface area (Å²) in [6.07, 6.45) is -15.7. The van der Waals surface area contributed by atoms with Gasteiger partial charge in [-0.2, -0.15) is 0 Å². The van der Waals surface area contributed by atoms with Crippen molar-refractivity contribution < 1.29 is 59.5 Å². The molecule has 2 aliphatic rings. The molecule has 8 N–H and O–H groups in total. The summed E-state index contributed by atoms with van der Waals surface area (Å²) in [6.45, 7) is 0.348. The summed E-state index contributed by atoms with van der Waals surface area (Å²) >= 11 is 0. The van der Waals surface area contributed by atoms with E-state index in [1.807, 2.05) is 0 Å². The van der Waals surface area contributed by atoms with Gasteiger partial charge in [-0.15, -0.1) is 0 Å². The van der Waals surface area contributed by atoms with E-state index in [1.165, 1.54) is 0 Å². The predicted octanol–water partition coefficient (Wildman–Crippen LogP) is -5.16. The lowest BCUT2D eigenvalue weighted by molar-refractivity contribution is -0.341. The van der Waals surface area contributed by atoms with Crippen molar-refractivity contribution in [1.29, 1.82) is 0 Å². The first-order valence-corrected chi connectivity index (χ1v) is 8.06. The zero-order chi connectivity index (χ0) is 20.5. The minimum absolute atomic E-state index is 0.651. The SMILES string of the molecule is CC(=O)N[C@@H]1[C@@H](O)[C@H](O[C@@H]2O[C@H](CO)[C@H](O)[C@H](O)[C@H]2O)[C@@H](C(=O)O)O[C@H]1O. The fourth-order valence-electron chi connectivity index (χ4n) is 2.94. The van der Waals surface area contributed by atoms with E-state index in [4.69, 9.17) is 14.2 Å². The van der Waals surface area contributed by atoms with Crippen molar-refractivity contribution in [2.75, 3.05) is 6.61 Å². The molecule has 156 valence electrons. The standard InChI is InChI=1S/C14H23NO12/c1-3(17)15-5-7(19)10(11(12(22)23)26-13(5)24)27-14-9(21)8(20)6(18)4(2-16)25-14/h4-11,13-14,16,18-21,24H,2H2,1H3,(H,15,17)(H,22,23)/t4-,5-,6+,7-,8+,9-,10+,11+,13-,14+/m1/s1. The summed E-state index contributed by atoms with van der Waals surface area (Å²) in [5.74, 6) is -2.27. The quantitative estimate of drug-likeness (QED) is 0.218. The number of rotatable bonds is 5. The Kier molecular flexibility index (Phi) is 7.07. The van der Waals surface area contributed by atoms with Crippen LogP contribution in [0.2, 0.25) is 0 Å². The van der Waals surface area contributed by atoms with Crippen molar-refractivity contribution in [2.45, 2.75) is 68.3 Å². The highest BCUT2D eigenvalue weighted by Crippen LogP contribution is 2.28. The van der Waals surface area contributed by atoms with Crippen LogP contribution in [-0.2, 0) is 23.8 Å². The Labute approximate surface area is 152 Å². The molecule has 2 heterocycles. The van der Waals surface area contributed by atoms with Crippen molar-refractivity contribution in [1.82, 2.24) is 5.32 Å². The first kappa shape index (κ1) is 21.9. The molecule has 2 fully saturated rings. The number of carboxylic acid groups (broad SMARTS) is 1. The molecule has 0 saturated carbocycles. The van der Waals surface area contributed by atoms with Gasteiger partial charge >= 0.3 is 5.97 Å². The number of amides is 1. The number of carboxylic acids is 1. The highest BCUT2D eigenvalue weighted by molar-refractivity contribution is 5.74. The summed E-state index contributed by atoms with van der Waals surface area (Å²) < 4.78 is 15.3. The average Bonchev–Trinajstić information content (AvgIpc) is 2.60. The fraction of sp³-hybridized carbons (Fsp3) is 0.857. The second-order valence-electron chi connectivity index (χ2n) is 6.30. The van der Waals surface area contributed by atoms with Crippen molar-refractivity contribution in [3.63, 3.8) is 0 Å². The van der Waals surface area contributed by atoms with E-state index < -0.39 is 79.8 Å². The fourth-order valence-corrected chi connectivity index (χ4v) is 2.94. The molecule has 1 amide bonds. The smallest absolute Gasteiger partial charge is 0.335 e. The van der Waals surface area contributed by atoms with Gasteiger partial charge in [-0.05, 0) is 0 Å². The van der Waals surface area contributed by atoms with Gasteiger partial charge in [-0.25, -0.2) is 4.79 Å². The Bertz CT molecular complexity index is 544. The van der Waals surface area contributed by atoms with Crippen molar-refractivity contribution >= 4 is 11.9 Å². The van der Waals surface area contributed by atoms with Crippen LogP contribution in [-0.4, -0.2) is 116 Å². The molecule has 0 aromatic carbocycles. The number of nitrogens with one attached hydrogen (secondary N) is 1. The zero-order valence-corrected chi connectivity index (χ0v) is 14.2. The first-order chi connectivity index (χ1) is 12.6. The van der Waals surface area contributed by atoms with Crippen molar-refractivity contribution in [2.24, 2.45) is 0 Å². The van der Waals surface area contributed by atoms with E-state index in [2.05, 4.69) is 5.32 Å². The van der Waals surface area contributed by atoms with Gasteiger partial charge in [0, 0.05) is 6.92 Å². The number of hydrogen-bond donors (Lipinski definition) is 8. The second-order valence-corrected chi connectivity index (χ2v) is 6.30. The van der Waals surface area contributed by atoms with Gasteiger partial charge in [-0.3, -0.25) is 4.79 Å². The van der Waals surface area contributed by atoms with Gasteiger partial charge < -0.3 is 55.3 Å². The van der Waals surface area contributed by atoms with Gasteiger partial charge in [0.15, 0.2) is 18.7 Å². The van der Waals surface area contributed by atoms with E-state index in [0.29, 0.717) is 0 Å². The number of aliphatic carboxylic acids is 1. The highest BCUT2D eigenvalue weighted by atomic mass is 16.7. The van der Waals surface area contributed by atoms with E-state index in [9.17, 15) is 45.3 Å². The Balaban J connectivity index is 2.23. The molecule has 13 nitrogen and oxygen atoms in total. The van der Waals surface area contributed by atoms with E-state index in [0.717, 1.165) is 6.92 Å². The molecule has 0 aromatic rings. The summed E-state index contributed by atoms with van der Waals surface area (Å²) in [4.78, 5) is 22.6. The van der Waals surface area contributed by atoms with Crippen LogP contribution >= 0.6 is 0 Å². The number of ether oxygens (including phenoxy) is 3. The van der Waals surface area contributed by atoms with Crippen LogP contribution in [0.15, 0.2) is 0 Å². The Hall–Kier alpha value is -1.42. The molecule has 2 saturated heterocycles. The normalized spacial score (nSPS) is 45.3. The Morgan fingerprint density at radius 3 is 2.15 bits per heavy atom. The lowest BCUT2D eigenvalue weighted by Gasteiger charge is -2.45. The van der Waals surface area contributed by atoms with Crippen LogP contribution in [0.4, 0.5) is 0 Å². The molecule has 0 bridgehead atoms. The number of aliphatic hydroxyl groups is 6. The van der Waals surface area contributed by atoms with Gasteiger partial charge in [0.25, 0.3) is 0 Å². The summed E-state index contributed by atoms with van der Waals surface area (Å²) in [5, 5.41) is 70.4. The van der Waals surface area contributed by atoms with Crippen molar-refractivity contribution in [3.05, 3.63) is 0 Å². The lowest BCUT2D eigenvalue weighted by Crippen LogP contribution is -2.67. The van der Waals surface area contributed by atoms with Gasteiger partial charge in [0.05, 0.1) is 6.61 Å². The molecule has 0 radical (unpaired) electrons. The molecule has 0 spiro atoms. The predicted molar refractivity (Wildman–Crippen MR) is 80.8 cm³/mol. The van der Waals surface area contributed by atoms with Crippen molar-refractivity contribution in [3.8, 4) is 0 Å². The zero-order valence-electron chi connectivity index (χ0n) is 14.2. The third kappa shape index (κ3) is 4.53. The summed E-state index contributed by atoms with van der Waals surface area (Å²) in [7, 11) is 0. The number of hydrogen-bond acceptors (Lipinski definition) is 11. The van der Waals surface area contributed by atoms with Crippen LogP contribution in [0.25, 0.3) is 0 Å². The number of aliphatic hydroxyl groups excluding tert-OH is 6. The highest BCUT2D eigenvalue weighted by Gasteiger charge is 2.52. The van der Waals surface area contributed by atoms with Crippen LogP contribution in [0.1, 0.15) is 6.92 Å². The maximum absolute atomic E-state index is 11.4. The third-order valence-electron chi connectivity index (χ3n) is 4.35. The molecule has 2 aliphatic heterocycles. The van der Waals surface area contributed by atoms with Gasteiger partial charge in [0.2, 0.25) is 5.91 Å². The molecule has 10 atom stereocenters. The molecule has 0 aromatic heterocycles. The number of carbonyl (C=O) groups is 2. The van der Waals surface area contributed by atoms with E-state index in [1.54, 1.807) is 0 Å². The minimum atomic E-state index is -1.91. The van der Waals surface area contributed by atoms with Crippen LogP contribution in [0.3, 0.4) is 0 Å². The molecule has 2 rings (SSSR count). The molecular formula is C14H23NO12. The lowest BCUT2D eigenvalue weighted by atomic mass is 9.95. The molecule has 27 heavy (non-hydrogen) atoms. The molecule has 0 unspecified atom stereocenters. The first-order valence-electron chi connectivity index (χ1n) is 8.06. The Morgan fingerprint density at radius 2 is 1.63 bits per heavy atom. The van der Waals surface area contributed by atoms with E-state index >= 15 is 0 Å². The maximum atomic E-state index is 11.4. The van der Waals surface area contributed by atoms with Crippen LogP contribution < -0.4 is 5.32 Å². The maximum Gasteiger partial charge on any atom is 0.335 e. The minimum Gasteiger partial charge on any atom is -0.479 e. The van der Waals surface area contributed by atoms with Gasteiger partial charge in [-0.1, -0.05) is 0 Å². The third-order valence-corrected chi connectivity index (χ3v) is 4.35. The number of carbonyl (C=O) groups excluding carboxylic acids is 1. The monoisotopic (exact) mass is 397 g/mol. The topological polar surface area (TPSA) is 215 Å². The molecular weight excluding hydrogens is 374 g/mol. The van der Waals surface area contributed by atoms with E-state index in [-0.39, 0.29) is 0 Å². The molecule has 0 aliphatic carbocycles. The Morgan fingerprint density at radius 1 is 1.00 bits per heavy atom. The van der Waals surface area contributed by atoms with Crippen LogP contribution in [0.5, 0.6) is 0 Å². The summed E-state index contributed by atoms with van der Waals surface area (Å²) in [6, 6.07) is -1.45. The average molecular weight is 397 g/mol. The summed E-state index contributed by atoms with van der Waals surface area (Å²) in [5.41, 5.74) is 0. The van der Waals surface area contributed by atoms with Gasteiger partial charge in [0.1, 0.15) is 42.7 Å². The largest absolute Gasteiger partial charge is 0.479 e. The molecule has 13 heteroatoms. The van der Waals surface area contributed by atoms with Crippen LogP contribution in [0, 0.1) is 0 Å².